The number of allylic oxidation sites excluding steroid dienone is 1. The number of rotatable bonds is 6. The van der Waals surface area contributed by atoms with Crippen LogP contribution < -0.4 is 0 Å². The number of benzene rings is 1. The number of ketones is 2. The first kappa shape index (κ1) is 16.2. The van der Waals surface area contributed by atoms with Crippen molar-refractivity contribution in [2.45, 2.75) is 13.5 Å². The van der Waals surface area contributed by atoms with E-state index in [0.29, 0.717) is 12.1 Å². The van der Waals surface area contributed by atoms with E-state index < -0.39 is 5.78 Å². The second-order valence-electron chi connectivity index (χ2n) is 5.28. The van der Waals surface area contributed by atoms with Crippen molar-refractivity contribution in [3.8, 4) is 0 Å². The molecule has 0 atom stereocenters. The molecule has 2 N–H and O–H groups in total. The number of tetrazole rings is 1. The van der Waals surface area contributed by atoms with Crippen LogP contribution in [0.1, 0.15) is 39.2 Å². The summed E-state index contributed by atoms with van der Waals surface area (Å²) in [5.74, 6) is -1.01. The molecule has 0 saturated heterocycles. The molecule has 2 aromatic heterocycles. The van der Waals surface area contributed by atoms with Gasteiger partial charge in [-0.2, -0.15) is 10.3 Å². The van der Waals surface area contributed by atoms with Gasteiger partial charge >= 0.3 is 0 Å². The molecule has 0 unspecified atom stereocenters. The maximum atomic E-state index is 11.8. The zero-order chi connectivity index (χ0) is 17.8. The molecular formula is C16H14N6O3. The van der Waals surface area contributed by atoms with Gasteiger partial charge in [-0.05, 0) is 23.8 Å². The van der Waals surface area contributed by atoms with Gasteiger partial charge in [0.1, 0.15) is 11.5 Å². The molecule has 1 aromatic carbocycles. The van der Waals surface area contributed by atoms with Crippen LogP contribution in [0.15, 0.2) is 42.6 Å². The Labute approximate surface area is 142 Å². The fraction of sp³-hybridized carbons (Fsp3) is 0.125. The molecule has 0 aliphatic carbocycles. The number of aromatic nitrogens is 6. The van der Waals surface area contributed by atoms with E-state index in [0.717, 1.165) is 11.6 Å². The average molecular weight is 338 g/mol. The van der Waals surface area contributed by atoms with Crippen LogP contribution in [-0.2, 0) is 6.54 Å². The maximum absolute atomic E-state index is 11.8. The van der Waals surface area contributed by atoms with Crippen molar-refractivity contribution in [1.82, 2.24) is 30.4 Å². The van der Waals surface area contributed by atoms with E-state index in [2.05, 4.69) is 25.7 Å². The molecule has 0 aliphatic heterocycles. The minimum atomic E-state index is -0.583. The molecule has 0 fully saturated rings. The topological polar surface area (TPSA) is 127 Å². The van der Waals surface area contributed by atoms with Crippen LogP contribution in [0, 0.1) is 0 Å². The van der Waals surface area contributed by atoms with Gasteiger partial charge in [0.25, 0.3) is 0 Å². The standard InChI is InChI=1S/C16H14N6O3/c1-10(23)12-4-2-11(3-5-12)9-22-7-6-13(19-22)14(24)8-15(25)16-17-20-21-18-16/h2-8,24H,9H2,1H3,(H,17,18,20,21). The summed E-state index contributed by atoms with van der Waals surface area (Å²) in [5.41, 5.74) is 1.84. The van der Waals surface area contributed by atoms with Crippen molar-refractivity contribution in [3.05, 3.63) is 65.2 Å². The highest BCUT2D eigenvalue weighted by atomic mass is 16.3. The molecule has 3 aromatic rings. The monoisotopic (exact) mass is 338 g/mol. The summed E-state index contributed by atoms with van der Waals surface area (Å²) in [4.78, 5) is 23.1. The molecule has 126 valence electrons. The summed E-state index contributed by atoms with van der Waals surface area (Å²) in [5, 5.41) is 26.7. The Bertz CT molecular complexity index is 925. The third-order valence-corrected chi connectivity index (χ3v) is 3.44. The number of nitrogens with zero attached hydrogens (tertiary/aromatic N) is 5. The maximum Gasteiger partial charge on any atom is 0.244 e. The third kappa shape index (κ3) is 3.83. The van der Waals surface area contributed by atoms with Crippen molar-refractivity contribution < 1.29 is 14.7 Å². The lowest BCUT2D eigenvalue weighted by molar-refractivity contribution is 0.101. The van der Waals surface area contributed by atoms with E-state index in [-0.39, 0.29) is 23.1 Å². The second-order valence-corrected chi connectivity index (χ2v) is 5.28. The Morgan fingerprint density at radius 2 is 2.00 bits per heavy atom. The molecule has 0 spiro atoms. The molecule has 9 nitrogen and oxygen atoms in total. The molecule has 9 heteroatoms. The van der Waals surface area contributed by atoms with Gasteiger partial charge in [-0.3, -0.25) is 14.3 Å². The van der Waals surface area contributed by atoms with Gasteiger partial charge in [0.2, 0.25) is 11.6 Å². The summed E-state index contributed by atoms with van der Waals surface area (Å²) in [6.45, 7) is 1.98. The van der Waals surface area contributed by atoms with Crippen molar-refractivity contribution in [2.24, 2.45) is 0 Å². The van der Waals surface area contributed by atoms with Crippen LogP contribution in [0.5, 0.6) is 0 Å². The normalized spacial score (nSPS) is 11.5. The lowest BCUT2D eigenvalue weighted by Crippen LogP contribution is -2.03. The summed E-state index contributed by atoms with van der Waals surface area (Å²) >= 11 is 0. The number of hydrogen-bond donors (Lipinski definition) is 2. The lowest BCUT2D eigenvalue weighted by Gasteiger charge is -2.03. The number of aliphatic hydroxyl groups is 1. The first-order valence-corrected chi connectivity index (χ1v) is 7.35. The molecule has 25 heavy (non-hydrogen) atoms. The summed E-state index contributed by atoms with van der Waals surface area (Å²) in [6, 6.07) is 8.77. The Balaban J connectivity index is 1.71. The fourth-order valence-corrected chi connectivity index (χ4v) is 2.15. The SMILES string of the molecule is CC(=O)c1ccc(Cn2ccc(C(O)=CC(=O)c3nn[nH]n3)n2)cc1. The van der Waals surface area contributed by atoms with Gasteiger partial charge in [-0.25, -0.2) is 0 Å². The van der Waals surface area contributed by atoms with Crippen molar-refractivity contribution >= 4 is 17.3 Å². The first-order chi connectivity index (χ1) is 12.0. The van der Waals surface area contributed by atoms with Gasteiger partial charge in [0.05, 0.1) is 6.54 Å². The quantitative estimate of drug-likeness (QED) is 0.395. The number of Topliss-reactive ketones (excluding diaryl/α,β-unsaturated/α-hetero) is 1. The summed E-state index contributed by atoms with van der Waals surface area (Å²) < 4.78 is 1.61. The molecule has 2 heterocycles. The van der Waals surface area contributed by atoms with Gasteiger partial charge < -0.3 is 5.11 Å². The van der Waals surface area contributed by atoms with E-state index in [1.165, 1.54) is 6.92 Å². The summed E-state index contributed by atoms with van der Waals surface area (Å²) in [6.07, 6.45) is 2.66. The smallest absolute Gasteiger partial charge is 0.244 e. The van der Waals surface area contributed by atoms with Crippen LogP contribution in [0.25, 0.3) is 5.76 Å². The number of aliphatic hydroxyl groups excluding tert-OH is 1. The van der Waals surface area contributed by atoms with E-state index in [1.807, 2.05) is 12.1 Å². The number of carbonyl (C=O) groups excluding carboxylic acids is 2. The lowest BCUT2D eigenvalue weighted by atomic mass is 10.1. The van der Waals surface area contributed by atoms with Crippen LogP contribution in [0.2, 0.25) is 0 Å². The van der Waals surface area contributed by atoms with Crippen LogP contribution in [-0.4, -0.2) is 47.1 Å². The number of nitrogens with one attached hydrogen (secondary N) is 1. The number of hydrogen-bond acceptors (Lipinski definition) is 7. The van der Waals surface area contributed by atoms with Crippen molar-refractivity contribution in [2.75, 3.05) is 0 Å². The third-order valence-electron chi connectivity index (χ3n) is 3.44. The van der Waals surface area contributed by atoms with E-state index in [9.17, 15) is 14.7 Å². The Kier molecular flexibility index (Phi) is 4.46. The van der Waals surface area contributed by atoms with Crippen LogP contribution >= 0.6 is 0 Å². The highest BCUT2D eigenvalue weighted by Gasteiger charge is 2.12. The Morgan fingerprint density at radius 3 is 2.64 bits per heavy atom. The predicted molar refractivity (Wildman–Crippen MR) is 86.9 cm³/mol. The molecule has 0 radical (unpaired) electrons. The Hall–Kier alpha value is -3.62. The highest BCUT2D eigenvalue weighted by molar-refractivity contribution is 6.04. The van der Waals surface area contributed by atoms with Crippen molar-refractivity contribution in [3.63, 3.8) is 0 Å². The molecule has 0 saturated carbocycles. The van der Waals surface area contributed by atoms with E-state index >= 15 is 0 Å². The Morgan fingerprint density at radius 1 is 1.24 bits per heavy atom. The number of carbonyl (C=O) groups is 2. The zero-order valence-corrected chi connectivity index (χ0v) is 13.2. The molecule has 0 bridgehead atoms. The second kappa shape index (κ2) is 6.87. The van der Waals surface area contributed by atoms with Crippen LogP contribution in [0.3, 0.4) is 0 Å². The minimum Gasteiger partial charge on any atom is -0.505 e. The first-order valence-electron chi connectivity index (χ1n) is 7.35. The fourth-order valence-electron chi connectivity index (χ4n) is 2.15. The van der Waals surface area contributed by atoms with Gasteiger partial charge in [0.15, 0.2) is 5.78 Å². The molecular weight excluding hydrogens is 324 g/mol. The van der Waals surface area contributed by atoms with Gasteiger partial charge in [-0.1, -0.05) is 24.3 Å². The zero-order valence-electron chi connectivity index (χ0n) is 13.2. The largest absolute Gasteiger partial charge is 0.505 e. The molecule has 0 aliphatic rings. The van der Waals surface area contributed by atoms with E-state index in [1.54, 1.807) is 29.1 Å². The summed E-state index contributed by atoms with van der Waals surface area (Å²) in [7, 11) is 0. The average Bonchev–Trinajstić information content (AvgIpc) is 3.27. The molecule has 0 amide bonds. The number of aromatic amines is 1. The minimum absolute atomic E-state index is 0.00857. The van der Waals surface area contributed by atoms with Crippen LogP contribution in [0.4, 0.5) is 0 Å². The molecule has 3 rings (SSSR count). The van der Waals surface area contributed by atoms with Gasteiger partial charge in [-0.15, -0.1) is 10.2 Å². The predicted octanol–water partition coefficient (Wildman–Crippen LogP) is 1.43. The highest BCUT2D eigenvalue weighted by Crippen LogP contribution is 2.11. The van der Waals surface area contributed by atoms with Gasteiger partial charge in [0, 0.05) is 17.8 Å². The van der Waals surface area contributed by atoms with Crippen molar-refractivity contribution in [1.29, 1.82) is 0 Å². The van der Waals surface area contributed by atoms with E-state index in [4.69, 9.17) is 0 Å². The number of H-pyrrole nitrogens is 1.